The Morgan fingerprint density at radius 3 is 2.63 bits per heavy atom. The predicted molar refractivity (Wildman–Crippen MR) is 75.8 cm³/mol. The molecule has 0 aliphatic heterocycles. The quantitative estimate of drug-likeness (QED) is 0.472. The van der Waals surface area contributed by atoms with Crippen molar-refractivity contribution in [2.75, 3.05) is 17.3 Å². The van der Waals surface area contributed by atoms with Crippen LogP contribution in [0.5, 0.6) is 0 Å². The van der Waals surface area contributed by atoms with Gasteiger partial charge in [-0.2, -0.15) is 0 Å². The molecule has 1 heterocycles. The van der Waals surface area contributed by atoms with E-state index in [1.807, 2.05) is 13.8 Å². The number of hydrogen-bond acceptors (Lipinski definition) is 6. The molecule has 1 aromatic rings. The van der Waals surface area contributed by atoms with Crippen molar-refractivity contribution >= 4 is 11.6 Å². The van der Waals surface area contributed by atoms with Gasteiger partial charge in [-0.1, -0.05) is 13.3 Å². The van der Waals surface area contributed by atoms with Crippen molar-refractivity contribution in [2.45, 2.75) is 45.6 Å². The summed E-state index contributed by atoms with van der Waals surface area (Å²) in [5, 5.41) is 13.2. The highest BCUT2D eigenvalue weighted by atomic mass is 16.3. The third kappa shape index (κ3) is 3.13. The fourth-order valence-electron chi connectivity index (χ4n) is 2.52. The van der Waals surface area contributed by atoms with Gasteiger partial charge >= 0.3 is 0 Å². The van der Waals surface area contributed by atoms with Crippen molar-refractivity contribution in [3.05, 3.63) is 11.4 Å². The van der Waals surface area contributed by atoms with E-state index in [-0.39, 0.29) is 6.10 Å². The predicted octanol–water partition coefficient (Wildman–Crippen LogP) is 1.21. The second-order valence-corrected chi connectivity index (χ2v) is 5.10. The number of nitrogens with two attached hydrogens (primary N) is 1. The number of aryl methyl sites for hydroxylation is 1. The highest BCUT2D eigenvalue weighted by Gasteiger charge is 2.25. The zero-order valence-corrected chi connectivity index (χ0v) is 11.6. The topological polar surface area (TPSA) is 96.1 Å². The fourth-order valence-corrected chi connectivity index (χ4v) is 2.52. The number of aliphatic hydroxyl groups is 1. The van der Waals surface area contributed by atoms with Gasteiger partial charge in [-0.05, 0) is 19.8 Å². The van der Waals surface area contributed by atoms with E-state index in [9.17, 15) is 5.11 Å². The first-order valence-corrected chi connectivity index (χ1v) is 6.91. The summed E-state index contributed by atoms with van der Waals surface area (Å²) in [5.41, 5.74) is 3.52. The maximum Gasteiger partial charge on any atom is 0.148 e. The minimum Gasteiger partial charge on any atom is -0.393 e. The number of nitrogens with one attached hydrogen (secondary N) is 2. The van der Waals surface area contributed by atoms with Crippen molar-refractivity contribution in [2.24, 2.45) is 11.8 Å². The van der Waals surface area contributed by atoms with Crippen molar-refractivity contribution in [1.29, 1.82) is 0 Å². The molecule has 1 aromatic heterocycles. The molecular formula is C13H23N5O. The van der Waals surface area contributed by atoms with Crippen LogP contribution in [0, 0.1) is 12.8 Å². The zero-order valence-electron chi connectivity index (χ0n) is 11.6. The Kier molecular flexibility index (Phi) is 4.55. The molecule has 5 N–H and O–H groups in total. The van der Waals surface area contributed by atoms with Gasteiger partial charge in [0.25, 0.3) is 0 Å². The molecule has 1 aliphatic carbocycles. The van der Waals surface area contributed by atoms with Crippen LogP contribution in [0.2, 0.25) is 0 Å². The van der Waals surface area contributed by atoms with Crippen LogP contribution in [0.1, 0.15) is 37.6 Å². The fraction of sp³-hybridized carbons (Fsp3) is 0.692. The lowest BCUT2D eigenvalue weighted by Crippen LogP contribution is -2.23. The number of anilines is 2. The van der Waals surface area contributed by atoms with E-state index in [0.29, 0.717) is 11.7 Å². The number of nitrogens with zero attached hydrogens (tertiary/aromatic N) is 2. The van der Waals surface area contributed by atoms with Crippen molar-refractivity contribution < 1.29 is 5.11 Å². The van der Waals surface area contributed by atoms with Gasteiger partial charge < -0.3 is 15.8 Å². The third-order valence-corrected chi connectivity index (χ3v) is 3.80. The van der Waals surface area contributed by atoms with Crippen LogP contribution in [0.25, 0.3) is 0 Å². The van der Waals surface area contributed by atoms with Crippen molar-refractivity contribution in [3.63, 3.8) is 0 Å². The van der Waals surface area contributed by atoms with Crippen LogP contribution < -0.4 is 16.6 Å². The molecule has 0 aromatic carbocycles. The van der Waals surface area contributed by atoms with Gasteiger partial charge in [0.2, 0.25) is 0 Å². The number of nitrogen functional groups attached to an aromatic ring is 1. The average molecular weight is 265 g/mol. The van der Waals surface area contributed by atoms with Crippen molar-refractivity contribution in [3.8, 4) is 0 Å². The lowest BCUT2D eigenvalue weighted by atomic mass is 10.1. The number of hydrogen-bond donors (Lipinski definition) is 4. The van der Waals surface area contributed by atoms with Gasteiger partial charge in [-0.25, -0.2) is 15.8 Å². The number of rotatable bonds is 5. The monoisotopic (exact) mass is 265 g/mol. The Morgan fingerprint density at radius 2 is 2.05 bits per heavy atom. The Morgan fingerprint density at radius 1 is 1.32 bits per heavy atom. The second kappa shape index (κ2) is 6.16. The molecule has 106 valence electrons. The lowest BCUT2D eigenvalue weighted by molar-refractivity contribution is 0.138. The zero-order chi connectivity index (χ0) is 13.8. The molecule has 0 spiro atoms. The van der Waals surface area contributed by atoms with Crippen LogP contribution in [0.3, 0.4) is 0 Å². The van der Waals surface area contributed by atoms with E-state index in [1.54, 1.807) is 0 Å². The standard InChI is InChI=1S/C13H23N5O/c1-3-11-16-12(8(2)13(17-11)18-14)15-7-9-5-4-6-10(9)19/h9-10,19H,3-7,14H2,1-2H3,(H2,15,16,17,18). The Hall–Kier alpha value is -1.40. The molecule has 19 heavy (non-hydrogen) atoms. The minimum atomic E-state index is -0.188. The van der Waals surface area contributed by atoms with Gasteiger partial charge in [0, 0.05) is 24.4 Å². The largest absolute Gasteiger partial charge is 0.393 e. The summed E-state index contributed by atoms with van der Waals surface area (Å²) in [7, 11) is 0. The molecule has 1 saturated carbocycles. The summed E-state index contributed by atoms with van der Waals surface area (Å²) in [4.78, 5) is 8.81. The normalized spacial score (nSPS) is 22.5. The van der Waals surface area contributed by atoms with E-state index in [1.165, 1.54) is 0 Å². The van der Waals surface area contributed by atoms with Gasteiger partial charge in [0.05, 0.1) is 6.10 Å². The smallest absolute Gasteiger partial charge is 0.148 e. The highest BCUT2D eigenvalue weighted by Crippen LogP contribution is 2.26. The first-order valence-electron chi connectivity index (χ1n) is 6.91. The molecule has 0 radical (unpaired) electrons. The van der Waals surface area contributed by atoms with Crippen molar-refractivity contribution in [1.82, 2.24) is 9.97 Å². The molecule has 0 amide bonds. The summed E-state index contributed by atoms with van der Waals surface area (Å²) in [5.74, 6) is 8.01. The van der Waals surface area contributed by atoms with Gasteiger partial charge in [0.15, 0.2) is 0 Å². The first kappa shape index (κ1) is 14.0. The molecular weight excluding hydrogens is 242 g/mol. The SMILES string of the molecule is CCc1nc(NN)c(C)c(NCC2CCCC2O)n1. The summed E-state index contributed by atoms with van der Waals surface area (Å²) >= 11 is 0. The van der Waals surface area contributed by atoms with Crippen LogP contribution >= 0.6 is 0 Å². The number of hydrazine groups is 1. The average Bonchev–Trinajstić information content (AvgIpc) is 2.83. The van der Waals surface area contributed by atoms with E-state index in [4.69, 9.17) is 5.84 Å². The van der Waals surface area contributed by atoms with E-state index < -0.39 is 0 Å². The maximum atomic E-state index is 9.83. The summed E-state index contributed by atoms with van der Waals surface area (Å²) in [6.07, 6.45) is 3.65. The Bertz CT molecular complexity index is 437. The second-order valence-electron chi connectivity index (χ2n) is 5.10. The summed E-state index contributed by atoms with van der Waals surface area (Å²) in [6, 6.07) is 0. The highest BCUT2D eigenvalue weighted by molar-refractivity contribution is 5.56. The molecule has 1 fully saturated rings. The molecule has 1 aliphatic rings. The molecule has 0 bridgehead atoms. The van der Waals surface area contributed by atoms with Crippen LogP contribution in [0.4, 0.5) is 11.6 Å². The first-order chi connectivity index (χ1) is 9.15. The third-order valence-electron chi connectivity index (χ3n) is 3.80. The van der Waals surface area contributed by atoms with E-state index >= 15 is 0 Å². The summed E-state index contributed by atoms with van der Waals surface area (Å²) < 4.78 is 0. The van der Waals surface area contributed by atoms with Crippen LogP contribution in [-0.4, -0.2) is 27.7 Å². The molecule has 0 saturated heterocycles. The maximum absolute atomic E-state index is 9.83. The van der Waals surface area contributed by atoms with Crippen LogP contribution in [0.15, 0.2) is 0 Å². The number of aromatic nitrogens is 2. The minimum absolute atomic E-state index is 0.188. The van der Waals surface area contributed by atoms with Crippen LogP contribution in [-0.2, 0) is 6.42 Å². The van der Waals surface area contributed by atoms with Gasteiger partial charge in [-0.3, -0.25) is 0 Å². The van der Waals surface area contributed by atoms with E-state index in [2.05, 4.69) is 20.7 Å². The molecule has 2 unspecified atom stereocenters. The summed E-state index contributed by atoms with van der Waals surface area (Å²) in [6.45, 7) is 4.68. The Labute approximate surface area is 113 Å². The van der Waals surface area contributed by atoms with E-state index in [0.717, 1.165) is 49.4 Å². The molecule has 6 nitrogen and oxygen atoms in total. The Balaban J connectivity index is 2.10. The van der Waals surface area contributed by atoms with Gasteiger partial charge in [-0.15, -0.1) is 0 Å². The molecule has 6 heteroatoms. The molecule has 2 rings (SSSR count). The number of aliphatic hydroxyl groups excluding tert-OH is 1. The van der Waals surface area contributed by atoms with Gasteiger partial charge in [0.1, 0.15) is 17.5 Å². The lowest BCUT2D eigenvalue weighted by Gasteiger charge is -2.18. The molecule has 2 atom stereocenters.